The minimum atomic E-state index is -0.176. The summed E-state index contributed by atoms with van der Waals surface area (Å²) in [6.45, 7) is 6.51. The molecule has 1 aliphatic rings. The van der Waals surface area contributed by atoms with Crippen LogP contribution in [-0.4, -0.2) is 62.9 Å². The number of piperidine rings is 1. The van der Waals surface area contributed by atoms with Crippen LogP contribution >= 0.6 is 0 Å². The number of carbonyl (C=O) groups is 2. The molecular formula is C18H26N6O2. The molecule has 1 N–H and O–H groups in total. The van der Waals surface area contributed by atoms with E-state index in [1.165, 1.54) is 0 Å². The van der Waals surface area contributed by atoms with Crippen molar-refractivity contribution < 1.29 is 9.59 Å². The van der Waals surface area contributed by atoms with Crippen LogP contribution in [0, 0.1) is 5.92 Å². The molecule has 8 nitrogen and oxygen atoms in total. The number of nitrogens with one attached hydrogen (secondary N) is 1. The molecular weight excluding hydrogens is 332 g/mol. The molecule has 0 radical (unpaired) electrons. The molecule has 26 heavy (non-hydrogen) atoms. The van der Waals surface area contributed by atoms with Gasteiger partial charge in [0.15, 0.2) is 0 Å². The Morgan fingerprint density at radius 2 is 2.08 bits per heavy atom. The quantitative estimate of drug-likeness (QED) is 0.907. The first kappa shape index (κ1) is 18.2. The number of aryl methyl sites for hydroxylation is 1. The number of fused-ring (bicyclic) bond motifs is 1. The average Bonchev–Trinajstić information content (AvgIpc) is 3.03. The Balaban J connectivity index is 1.65. The molecule has 0 saturated carbocycles. The molecule has 0 spiro atoms. The van der Waals surface area contributed by atoms with Gasteiger partial charge in [-0.1, -0.05) is 5.21 Å². The second-order valence-electron chi connectivity index (χ2n) is 6.64. The van der Waals surface area contributed by atoms with Crippen LogP contribution in [-0.2, 0) is 11.8 Å². The number of likely N-dealkylation sites (tertiary alicyclic amines) is 1. The number of rotatable bonds is 4. The minimum absolute atomic E-state index is 0.114. The summed E-state index contributed by atoms with van der Waals surface area (Å²) in [5.41, 5.74) is 2.32. The maximum Gasteiger partial charge on any atom is 0.321 e. The number of anilines is 1. The molecule has 2 heterocycles. The average molecular weight is 358 g/mol. The molecule has 3 rings (SSSR count). The molecule has 1 aromatic heterocycles. The van der Waals surface area contributed by atoms with E-state index < -0.39 is 0 Å². The highest BCUT2D eigenvalue weighted by Crippen LogP contribution is 2.21. The van der Waals surface area contributed by atoms with Gasteiger partial charge in [-0.25, -0.2) is 9.48 Å². The van der Waals surface area contributed by atoms with Crippen LogP contribution in [0.2, 0.25) is 0 Å². The molecule has 0 bridgehead atoms. The van der Waals surface area contributed by atoms with Gasteiger partial charge in [-0.15, -0.1) is 5.10 Å². The lowest BCUT2D eigenvalue weighted by molar-refractivity contribution is -0.136. The second-order valence-corrected chi connectivity index (χ2v) is 6.64. The molecule has 1 aromatic carbocycles. The van der Waals surface area contributed by atoms with Crippen molar-refractivity contribution in [2.45, 2.75) is 26.7 Å². The highest BCUT2D eigenvalue weighted by atomic mass is 16.2. The number of urea groups is 1. The first-order valence-corrected chi connectivity index (χ1v) is 9.17. The summed E-state index contributed by atoms with van der Waals surface area (Å²) in [7, 11) is 1.83. The molecule has 2 aromatic rings. The van der Waals surface area contributed by atoms with Crippen LogP contribution in [0.4, 0.5) is 10.5 Å². The molecule has 1 aliphatic heterocycles. The summed E-state index contributed by atoms with van der Waals surface area (Å²) >= 11 is 0. The third kappa shape index (κ3) is 3.63. The zero-order valence-corrected chi connectivity index (χ0v) is 15.6. The number of nitrogens with zero attached hydrogens (tertiary/aromatic N) is 5. The van der Waals surface area contributed by atoms with Crippen molar-refractivity contribution in [3.05, 3.63) is 18.2 Å². The highest BCUT2D eigenvalue weighted by Gasteiger charge is 2.30. The molecule has 8 heteroatoms. The molecule has 140 valence electrons. The third-order valence-corrected chi connectivity index (χ3v) is 4.99. The summed E-state index contributed by atoms with van der Waals surface area (Å²) in [4.78, 5) is 28.8. The normalized spacial score (nSPS) is 17.3. The van der Waals surface area contributed by atoms with E-state index >= 15 is 0 Å². The van der Waals surface area contributed by atoms with Crippen LogP contribution in [0.3, 0.4) is 0 Å². The van der Waals surface area contributed by atoms with Gasteiger partial charge in [-0.3, -0.25) is 4.79 Å². The Bertz CT molecular complexity index is 798. The highest BCUT2D eigenvalue weighted by molar-refractivity contribution is 5.92. The standard InChI is InChI=1S/C18H26N6O2/c1-4-23(5-2)17(25)13-7-6-10-24(12-13)18(26)19-14-8-9-16-15(11-14)20-21-22(16)3/h8-9,11,13H,4-7,10,12H2,1-3H3,(H,19,26)/t13-/m1/s1. The number of benzene rings is 1. The van der Waals surface area contributed by atoms with E-state index in [-0.39, 0.29) is 17.9 Å². The fourth-order valence-corrected chi connectivity index (χ4v) is 3.48. The van der Waals surface area contributed by atoms with Crippen molar-refractivity contribution in [3.63, 3.8) is 0 Å². The van der Waals surface area contributed by atoms with Crippen molar-refractivity contribution in [3.8, 4) is 0 Å². The Morgan fingerprint density at radius 3 is 2.81 bits per heavy atom. The summed E-state index contributed by atoms with van der Waals surface area (Å²) in [5, 5.41) is 11.0. The fraction of sp³-hybridized carbons (Fsp3) is 0.556. The molecule has 1 saturated heterocycles. The van der Waals surface area contributed by atoms with Crippen LogP contribution < -0.4 is 5.32 Å². The predicted octanol–water partition coefficient (Wildman–Crippen LogP) is 2.08. The monoisotopic (exact) mass is 358 g/mol. The van der Waals surface area contributed by atoms with Crippen LogP contribution in [0.25, 0.3) is 11.0 Å². The molecule has 1 fully saturated rings. The number of hydrogen-bond acceptors (Lipinski definition) is 4. The van der Waals surface area contributed by atoms with Crippen molar-refractivity contribution >= 4 is 28.7 Å². The van der Waals surface area contributed by atoms with E-state index in [0.29, 0.717) is 31.9 Å². The lowest BCUT2D eigenvalue weighted by atomic mass is 9.96. The summed E-state index contributed by atoms with van der Waals surface area (Å²) < 4.78 is 1.69. The maximum absolute atomic E-state index is 12.6. The smallest absolute Gasteiger partial charge is 0.321 e. The van der Waals surface area contributed by atoms with Gasteiger partial charge in [0.2, 0.25) is 5.91 Å². The van der Waals surface area contributed by atoms with Gasteiger partial charge in [-0.05, 0) is 44.9 Å². The van der Waals surface area contributed by atoms with Gasteiger partial charge in [-0.2, -0.15) is 0 Å². The van der Waals surface area contributed by atoms with Gasteiger partial charge in [0.25, 0.3) is 0 Å². The van der Waals surface area contributed by atoms with Gasteiger partial charge >= 0.3 is 6.03 Å². The fourth-order valence-electron chi connectivity index (χ4n) is 3.48. The maximum atomic E-state index is 12.6. The second kappa shape index (κ2) is 7.72. The van der Waals surface area contributed by atoms with Crippen molar-refractivity contribution in [2.24, 2.45) is 13.0 Å². The third-order valence-electron chi connectivity index (χ3n) is 4.99. The zero-order valence-electron chi connectivity index (χ0n) is 15.6. The van der Waals surface area contributed by atoms with E-state index in [9.17, 15) is 9.59 Å². The van der Waals surface area contributed by atoms with Crippen LogP contribution in [0.15, 0.2) is 18.2 Å². The Hall–Kier alpha value is -2.64. The van der Waals surface area contributed by atoms with Crippen molar-refractivity contribution in [1.82, 2.24) is 24.8 Å². The van der Waals surface area contributed by atoms with Crippen LogP contribution in [0.1, 0.15) is 26.7 Å². The van der Waals surface area contributed by atoms with Gasteiger partial charge in [0.05, 0.1) is 11.4 Å². The van der Waals surface area contributed by atoms with E-state index in [0.717, 1.165) is 23.9 Å². The van der Waals surface area contributed by atoms with Gasteiger partial charge < -0.3 is 15.1 Å². The lowest BCUT2D eigenvalue weighted by Gasteiger charge is -2.34. The molecule has 1 atom stereocenters. The van der Waals surface area contributed by atoms with Gasteiger partial charge in [0, 0.05) is 38.9 Å². The molecule has 0 aliphatic carbocycles. The largest absolute Gasteiger partial charge is 0.343 e. The number of amides is 3. The first-order chi connectivity index (χ1) is 12.5. The van der Waals surface area contributed by atoms with Crippen molar-refractivity contribution in [1.29, 1.82) is 0 Å². The predicted molar refractivity (Wildman–Crippen MR) is 99.8 cm³/mol. The molecule has 3 amide bonds. The minimum Gasteiger partial charge on any atom is -0.343 e. The van der Waals surface area contributed by atoms with E-state index in [4.69, 9.17) is 0 Å². The number of hydrogen-bond donors (Lipinski definition) is 1. The first-order valence-electron chi connectivity index (χ1n) is 9.17. The Kier molecular flexibility index (Phi) is 5.39. The molecule has 0 unspecified atom stereocenters. The number of carbonyl (C=O) groups excluding carboxylic acids is 2. The number of aromatic nitrogens is 3. The van der Waals surface area contributed by atoms with E-state index in [1.807, 2.05) is 44.0 Å². The van der Waals surface area contributed by atoms with E-state index in [2.05, 4.69) is 15.6 Å². The van der Waals surface area contributed by atoms with E-state index in [1.54, 1.807) is 9.58 Å². The summed E-state index contributed by atoms with van der Waals surface area (Å²) in [5.74, 6) is 0.0327. The zero-order chi connectivity index (χ0) is 18.7. The van der Waals surface area contributed by atoms with Crippen LogP contribution in [0.5, 0.6) is 0 Å². The van der Waals surface area contributed by atoms with Gasteiger partial charge in [0.1, 0.15) is 5.52 Å². The summed E-state index contributed by atoms with van der Waals surface area (Å²) in [6, 6.07) is 5.35. The van der Waals surface area contributed by atoms with Crippen molar-refractivity contribution in [2.75, 3.05) is 31.5 Å². The topological polar surface area (TPSA) is 83.4 Å². The SMILES string of the molecule is CCN(CC)C(=O)[C@@H]1CCCN(C(=O)Nc2ccc3c(c2)nnn3C)C1. The lowest BCUT2D eigenvalue weighted by Crippen LogP contribution is -2.47. The Morgan fingerprint density at radius 1 is 1.31 bits per heavy atom. The summed E-state index contributed by atoms with van der Waals surface area (Å²) in [6.07, 6.45) is 1.68. The Labute approximate surface area is 153 Å².